The minimum Gasteiger partial charge on any atom is -0.460 e. The molecule has 0 unspecified atom stereocenters. The molecule has 1 fully saturated rings. The van der Waals surface area contributed by atoms with Crippen LogP contribution in [0.15, 0.2) is 40.9 Å². The van der Waals surface area contributed by atoms with Gasteiger partial charge >= 0.3 is 0 Å². The molecular weight excluding hydrogens is 290 g/mol. The first-order valence-corrected chi connectivity index (χ1v) is 8.03. The number of fused-ring (bicyclic) bond motifs is 1. The summed E-state index contributed by atoms with van der Waals surface area (Å²) in [4.78, 5) is 0. The summed E-state index contributed by atoms with van der Waals surface area (Å²) in [7, 11) is 1.96. The number of furan rings is 1. The number of nitrogens with zero attached hydrogens (tertiary/aromatic N) is 2. The third kappa shape index (κ3) is 2.66. The minimum atomic E-state index is 0.0630. The number of nitrogens with one attached hydrogen (secondary N) is 1. The lowest BCUT2D eigenvalue weighted by atomic mass is 10.0. The van der Waals surface area contributed by atoms with E-state index in [1.54, 1.807) is 0 Å². The first-order valence-electron chi connectivity index (χ1n) is 8.03. The van der Waals surface area contributed by atoms with Gasteiger partial charge in [-0.3, -0.25) is 4.68 Å². The van der Waals surface area contributed by atoms with Gasteiger partial charge in [0.2, 0.25) is 0 Å². The summed E-state index contributed by atoms with van der Waals surface area (Å²) in [6.07, 6.45) is 2.98. The van der Waals surface area contributed by atoms with Crippen LogP contribution in [0.4, 0.5) is 0 Å². The van der Waals surface area contributed by atoms with Crippen LogP contribution in [0.3, 0.4) is 0 Å². The van der Waals surface area contributed by atoms with Crippen LogP contribution in [0, 0.1) is 6.92 Å². The Hall–Kier alpha value is -2.11. The first-order chi connectivity index (χ1) is 11.2. The van der Waals surface area contributed by atoms with E-state index >= 15 is 0 Å². The van der Waals surface area contributed by atoms with Crippen molar-refractivity contribution in [1.29, 1.82) is 0 Å². The predicted molar refractivity (Wildman–Crippen MR) is 88.1 cm³/mol. The molecule has 2 aromatic heterocycles. The number of benzene rings is 1. The van der Waals surface area contributed by atoms with E-state index < -0.39 is 0 Å². The van der Waals surface area contributed by atoms with E-state index in [4.69, 9.17) is 9.15 Å². The second-order valence-electron chi connectivity index (χ2n) is 6.13. The first kappa shape index (κ1) is 14.5. The second-order valence-corrected chi connectivity index (χ2v) is 6.13. The molecule has 3 heterocycles. The average molecular weight is 311 g/mol. The van der Waals surface area contributed by atoms with Crippen molar-refractivity contribution in [3.05, 3.63) is 53.5 Å². The van der Waals surface area contributed by atoms with Gasteiger partial charge in [0.15, 0.2) is 0 Å². The Morgan fingerprint density at radius 2 is 2.22 bits per heavy atom. The molecule has 0 radical (unpaired) electrons. The molecule has 2 atom stereocenters. The Morgan fingerprint density at radius 1 is 1.35 bits per heavy atom. The fraction of sp³-hybridized carbons (Fsp3) is 0.389. The van der Waals surface area contributed by atoms with Gasteiger partial charge in [-0.05, 0) is 25.5 Å². The van der Waals surface area contributed by atoms with Gasteiger partial charge in [-0.2, -0.15) is 5.10 Å². The van der Waals surface area contributed by atoms with Crippen LogP contribution in [0.25, 0.3) is 11.0 Å². The van der Waals surface area contributed by atoms with Gasteiger partial charge in [0, 0.05) is 36.3 Å². The molecule has 5 heteroatoms. The van der Waals surface area contributed by atoms with Crippen LogP contribution in [0.1, 0.15) is 29.5 Å². The molecule has 0 saturated carbocycles. The van der Waals surface area contributed by atoms with Crippen molar-refractivity contribution in [3.63, 3.8) is 0 Å². The van der Waals surface area contributed by atoms with Gasteiger partial charge in [-0.1, -0.05) is 18.2 Å². The smallest absolute Gasteiger partial charge is 0.134 e. The van der Waals surface area contributed by atoms with Crippen molar-refractivity contribution in [1.82, 2.24) is 15.1 Å². The van der Waals surface area contributed by atoms with Gasteiger partial charge < -0.3 is 14.5 Å². The van der Waals surface area contributed by atoms with E-state index in [1.165, 1.54) is 5.56 Å². The summed E-state index contributed by atoms with van der Waals surface area (Å²) < 4.78 is 13.7. The SMILES string of the molecule is Cc1c([C@H]2OCC[C@@H]2NCc2cc3ccccc3o2)cnn1C. The highest BCUT2D eigenvalue weighted by atomic mass is 16.5. The Bertz CT molecular complexity index is 788. The molecule has 5 nitrogen and oxygen atoms in total. The quantitative estimate of drug-likeness (QED) is 0.804. The van der Waals surface area contributed by atoms with Crippen molar-refractivity contribution >= 4 is 11.0 Å². The highest BCUT2D eigenvalue weighted by molar-refractivity contribution is 5.77. The monoisotopic (exact) mass is 311 g/mol. The maximum absolute atomic E-state index is 5.95. The number of ether oxygens (including phenoxy) is 1. The molecule has 0 aliphatic carbocycles. The van der Waals surface area contributed by atoms with Crippen LogP contribution in [-0.4, -0.2) is 22.4 Å². The summed E-state index contributed by atoms with van der Waals surface area (Å²) in [5.74, 6) is 0.958. The zero-order valence-electron chi connectivity index (χ0n) is 13.5. The van der Waals surface area contributed by atoms with Crippen molar-refractivity contribution in [2.75, 3.05) is 6.61 Å². The lowest BCUT2D eigenvalue weighted by Gasteiger charge is -2.19. The van der Waals surface area contributed by atoms with E-state index in [9.17, 15) is 0 Å². The summed E-state index contributed by atoms with van der Waals surface area (Å²) in [6, 6.07) is 10.5. The maximum Gasteiger partial charge on any atom is 0.134 e. The number of hydrogen-bond acceptors (Lipinski definition) is 4. The number of para-hydroxylation sites is 1. The lowest BCUT2D eigenvalue weighted by Crippen LogP contribution is -2.31. The van der Waals surface area contributed by atoms with Crippen LogP contribution in [0.2, 0.25) is 0 Å². The van der Waals surface area contributed by atoms with Gasteiger partial charge in [0.05, 0.1) is 12.7 Å². The third-order valence-corrected chi connectivity index (χ3v) is 4.69. The highest BCUT2D eigenvalue weighted by Gasteiger charge is 2.31. The van der Waals surface area contributed by atoms with E-state index in [2.05, 4.69) is 29.5 Å². The topological polar surface area (TPSA) is 52.2 Å². The van der Waals surface area contributed by atoms with E-state index in [1.807, 2.05) is 36.1 Å². The summed E-state index contributed by atoms with van der Waals surface area (Å²) in [6.45, 7) is 3.57. The van der Waals surface area contributed by atoms with Gasteiger partial charge in [-0.25, -0.2) is 0 Å². The Balaban J connectivity index is 1.48. The van der Waals surface area contributed by atoms with Crippen LogP contribution in [-0.2, 0) is 18.3 Å². The molecule has 4 rings (SSSR count). The van der Waals surface area contributed by atoms with Gasteiger partial charge in [0.1, 0.15) is 17.4 Å². The molecule has 1 saturated heterocycles. The summed E-state index contributed by atoms with van der Waals surface area (Å²) >= 11 is 0. The van der Waals surface area contributed by atoms with Crippen molar-refractivity contribution in [2.24, 2.45) is 7.05 Å². The Morgan fingerprint density at radius 3 is 3.00 bits per heavy atom. The Labute approximate surface area is 135 Å². The average Bonchev–Trinajstić information content (AvgIpc) is 3.25. The van der Waals surface area contributed by atoms with Gasteiger partial charge in [-0.15, -0.1) is 0 Å². The lowest BCUT2D eigenvalue weighted by molar-refractivity contribution is 0.0975. The maximum atomic E-state index is 5.95. The predicted octanol–water partition coefficient (Wildman–Crippen LogP) is 3.09. The molecular formula is C18H21N3O2. The number of aromatic nitrogens is 2. The van der Waals surface area contributed by atoms with E-state index in [-0.39, 0.29) is 12.1 Å². The van der Waals surface area contributed by atoms with Crippen LogP contribution in [0.5, 0.6) is 0 Å². The normalized spacial score (nSPS) is 21.3. The zero-order valence-corrected chi connectivity index (χ0v) is 13.5. The molecule has 0 spiro atoms. The number of aryl methyl sites for hydroxylation is 1. The standard InChI is InChI=1S/C18H21N3O2/c1-12-15(11-20-21(12)2)18-16(7-8-22-18)19-10-14-9-13-5-3-4-6-17(13)23-14/h3-6,9,11,16,18-19H,7-8,10H2,1-2H3/t16-,18+/m0/s1. The fourth-order valence-corrected chi connectivity index (χ4v) is 3.26. The summed E-state index contributed by atoms with van der Waals surface area (Å²) in [5.41, 5.74) is 3.27. The van der Waals surface area contributed by atoms with Crippen molar-refractivity contribution < 1.29 is 9.15 Å². The second kappa shape index (κ2) is 5.83. The largest absolute Gasteiger partial charge is 0.460 e. The molecule has 1 aliphatic rings. The number of rotatable bonds is 4. The molecule has 1 aromatic carbocycles. The molecule has 23 heavy (non-hydrogen) atoms. The molecule has 3 aromatic rings. The van der Waals surface area contributed by atoms with Crippen LogP contribution < -0.4 is 5.32 Å². The van der Waals surface area contributed by atoms with Gasteiger partial charge in [0.25, 0.3) is 0 Å². The molecule has 0 amide bonds. The van der Waals surface area contributed by atoms with Crippen molar-refractivity contribution in [3.8, 4) is 0 Å². The number of hydrogen-bond donors (Lipinski definition) is 1. The molecule has 120 valence electrons. The van der Waals surface area contributed by atoms with Crippen molar-refractivity contribution in [2.45, 2.75) is 32.0 Å². The summed E-state index contributed by atoms with van der Waals surface area (Å²) in [5, 5.41) is 9.07. The zero-order chi connectivity index (χ0) is 15.8. The molecule has 1 N–H and O–H groups in total. The minimum absolute atomic E-state index is 0.0630. The highest BCUT2D eigenvalue weighted by Crippen LogP contribution is 2.31. The molecule has 1 aliphatic heterocycles. The van der Waals surface area contributed by atoms with E-state index in [0.29, 0.717) is 6.54 Å². The Kier molecular flexibility index (Phi) is 3.67. The van der Waals surface area contributed by atoms with E-state index in [0.717, 1.165) is 35.5 Å². The van der Waals surface area contributed by atoms with Crippen LogP contribution >= 0.6 is 0 Å². The third-order valence-electron chi connectivity index (χ3n) is 4.69. The molecule has 0 bridgehead atoms. The fourth-order valence-electron chi connectivity index (χ4n) is 3.26.